The van der Waals surface area contributed by atoms with Crippen molar-refractivity contribution in [1.29, 1.82) is 0 Å². The van der Waals surface area contributed by atoms with E-state index in [1.54, 1.807) is 24.3 Å². The van der Waals surface area contributed by atoms with E-state index in [0.717, 1.165) is 4.31 Å². The molecule has 1 aliphatic rings. The monoisotopic (exact) mass is 361 g/mol. The Morgan fingerprint density at radius 2 is 2.04 bits per heavy atom. The molecule has 2 rings (SSSR count). The fourth-order valence-corrected chi connectivity index (χ4v) is 3.44. The van der Waals surface area contributed by atoms with Crippen LogP contribution < -0.4 is 4.72 Å². The zero-order valence-electron chi connectivity index (χ0n) is 12.9. The van der Waals surface area contributed by atoms with E-state index in [4.69, 9.17) is 11.6 Å². The van der Waals surface area contributed by atoms with Gasteiger partial charge in [-0.05, 0) is 18.6 Å². The second kappa shape index (κ2) is 7.14. The van der Waals surface area contributed by atoms with Gasteiger partial charge in [0.05, 0.1) is 22.7 Å². The van der Waals surface area contributed by atoms with Gasteiger partial charge in [0, 0.05) is 27.2 Å². The van der Waals surface area contributed by atoms with Crippen molar-refractivity contribution in [3.05, 3.63) is 34.9 Å². The van der Waals surface area contributed by atoms with Crippen LogP contribution in [0.4, 0.5) is 0 Å². The van der Waals surface area contributed by atoms with Gasteiger partial charge in [-0.3, -0.25) is 4.79 Å². The number of carbonyl (C=O) groups excluding carboxylic acids is 1. The van der Waals surface area contributed by atoms with Gasteiger partial charge in [-0.25, -0.2) is 0 Å². The summed E-state index contributed by atoms with van der Waals surface area (Å²) < 4.78 is 27.1. The van der Waals surface area contributed by atoms with E-state index in [0.29, 0.717) is 23.6 Å². The lowest BCUT2D eigenvalue weighted by Crippen LogP contribution is -2.56. The van der Waals surface area contributed by atoms with E-state index in [1.807, 2.05) is 0 Å². The average Bonchev–Trinajstić information content (AvgIpc) is 2.49. The van der Waals surface area contributed by atoms with Crippen molar-refractivity contribution in [3.63, 3.8) is 0 Å². The number of hydrogen-bond donors (Lipinski definition) is 2. The van der Waals surface area contributed by atoms with E-state index in [9.17, 15) is 18.3 Å². The van der Waals surface area contributed by atoms with Crippen molar-refractivity contribution in [2.45, 2.75) is 18.6 Å². The summed E-state index contributed by atoms with van der Waals surface area (Å²) in [6.45, 7) is 0.381. The number of benzene rings is 1. The summed E-state index contributed by atoms with van der Waals surface area (Å²) >= 11 is 6.02. The number of nitrogens with one attached hydrogen (secondary N) is 1. The van der Waals surface area contributed by atoms with Gasteiger partial charge in [0.2, 0.25) is 0 Å². The van der Waals surface area contributed by atoms with Gasteiger partial charge in [-0.1, -0.05) is 23.7 Å². The maximum absolute atomic E-state index is 12.4. The normalized spacial score (nSPS) is 22.4. The Bertz CT molecular complexity index is 680. The van der Waals surface area contributed by atoms with Crippen LogP contribution in [0.15, 0.2) is 24.3 Å². The van der Waals surface area contributed by atoms with Crippen LogP contribution in [0.3, 0.4) is 0 Å². The van der Waals surface area contributed by atoms with Crippen molar-refractivity contribution in [3.8, 4) is 0 Å². The third-order valence-electron chi connectivity index (χ3n) is 3.75. The van der Waals surface area contributed by atoms with Crippen LogP contribution in [0.2, 0.25) is 5.02 Å². The standard InChI is InChI=1S/C14H20ClN3O4S/c1-17(2)23(21,22)16-12-7-8-18(9-13(12)19)14(20)10-5-3-4-6-11(10)15/h3-6,12-13,16,19H,7-9H2,1-2H3/t12-,13-/m1/s1. The van der Waals surface area contributed by atoms with Crippen molar-refractivity contribution in [2.24, 2.45) is 0 Å². The van der Waals surface area contributed by atoms with Gasteiger partial charge in [0.15, 0.2) is 0 Å². The molecule has 0 aliphatic carbocycles. The highest BCUT2D eigenvalue weighted by atomic mass is 35.5. The zero-order chi connectivity index (χ0) is 17.2. The summed E-state index contributed by atoms with van der Waals surface area (Å²) in [7, 11) is -0.814. The molecule has 1 heterocycles. The van der Waals surface area contributed by atoms with E-state index < -0.39 is 22.4 Å². The van der Waals surface area contributed by atoms with Crippen molar-refractivity contribution in [2.75, 3.05) is 27.2 Å². The number of aliphatic hydroxyl groups is 1. The number of amides is 1. The first-order valence-corrected chi connectivity index (χ1v) is 8.96. The van der Waals surface area contributed by atoms with E-state index in [2.05, 4.69) is 4.72 Å². The van der Waals surface area contributed by atoms with Crippen LogP contribution in [0, 0.1) is 0 Å². The zero-order valence-corrected chi connectivity index (χ0v) is 14.5. The van der Waals surface area contributed by atoms with E-state index in [-0.39, 0.29) is 12.5 Å². The summed E-state index contributed by atoms with van der Waals surface area (Å²) in [5.41, 5.74) is 0.369. The first-order chi connectivity index (χ1) is 10.7. The molecule has 1 saturated heterocycles. The molecule has 2 N–H and O–H groups in total. The van der Waals surface area contributed by atoms with Crippen LogP contribution in [0.25, 0.3) is 0 Å². The third-order valence-corrected chi connectivity index (χ3v) is 5.65. The first kappa shape index (κ1) is 18.2. The molecular formula is C14H20ClN3O4S. The molecule has 2 atom stereocenters. The van der Waals surface area contributed by atoms with Crippen LogP contribution in [-0.4, -0.2) is 68.0 Å². The number of nitrogens with zero attached hydrogens (tertiary/aromatic N) is 2. The molecule has 0 aromatic heterocycles. The molecule has 9 heteroatoms. The molecule has 0 unspecified atom stereocenters. The molecule has 1 amide bonds. The molecule has 1 aromatic carbocycles. The number of piperidine rings is 1. The first-order valence-electron chi connectivity index (χ1n) is 7.14. The Balaban J connectivity index is 2.04. The number of rotatable bonds is 4. The van der Waals surface area contributed by atoms with E-state index in [1.165, 1.54) is 19.0 Å². The Hall–Kier alpha value is -1.19. The molecule has 128 valence electrons. The van der Waals surface area contributed by atoms with Crippen molar-refractivity contribution < 1.29 is 18.3 Å². The van der Waals surface area contributed by atoms with Gasteiger partial charge < -0.3 is 10.0 Å². The summed E-state index contributed by atoms with van der Waals surface area (Å²) in [6, 6.07) is 6.07. The molecule has 0 spiro atoms. The third kappa shape index (κ3) is 4.21. The highest BCUT2D eigenvalue weighted by molar-refractivity contribution is 7.87. The summed E-state index contributed by atoms with van der Waals surface area (Å²) in [6.07, 6.45) is -0.658. The lowest BCUT2D eigenvalue weighted by Gasteiger charge is -2.36. The Labute approximate surface area is 141 Å². The van der Waals surface area contributed by atoms with Gasteiger partial charge in [0.25, 0.3) is 16.1 Å². The topological polar surface area (TPSA) is 90.0 Å². The molecular weight excluding hydrogens is 342 g/mol. The molecule has 7 nitrogen and oxygen atoms in total. The SMILES string of the molecule is CN(C)S(=O)(=O)N[C@@H]1CCN(C(=O)c2ccccc2Cl)C[C@H]1O. The number of hydrogen-bond acceptors (Lipinski definition) is 4. The molecule has 0 bridgehead atoms. The van der Waals surface area contributed by atoms with Crippen LogP contribution >= 0.6 is 11.6 Å². The quantitative estimate of drug-likeness (QED) is 0.807. The second-order valence-electron chi connectivity index (χ2n) is 5.60. The predicted octanol–water partition coefficient (Wildman–Crippen LogP) is 0.311. The molecule has 0 saturated carbocycles. The lowest BCUT2D eigenvalue weighted by atomic mass is 10.0. The number of β-amino-alcohol motifs (C(OH)–C–C–N with tert-alkyl or cyclic N) is 1. The summed E-state index contributed by atoms with van der Waals surface area (Å²) in [5, 5.41) is 10.5. The van der Waals surface area contributed by atoms with Gasteiger partial charge in [-0.15, -0.1) is 0 Å². The number of likely N-dealkylation sites (tertiary alicyclic amines) is 1. The van der Waals surface area contributed by atoms with Crippen LogP contribution in [-0.2, 0) is 10.2 Å². The maximum Gasteiger partial charge on any atom is 0.279 e. The molecule has 23 heavy (non-hydrogen) atoms. The largest absolute Gasteiger partial charge is 0.390 e. The number of halogens is 1. The summed E-state index contributed by atoms with van der Waals surface area (Å²) in [5.74, 6) is -0.274. The minimum absolute atomic E-state index is 0.0463. The van der Waals surface area contributed by atoms with Crippen molar-refractivity contribution in [1.82, 2.24) is 13.9 Å². The second-order valence-corrected chi connectivity index (χ2v) is 7.92. The lowest BCUT2D eigenvalue weighted by molar-refractivity contribution is 0.0364. The molecule has 0 radical (unpaired) electrons. The highest BCUT2D eigenvalue weighted by Gasteiger charge is 2.33. The number of aliphatic hydroxyl groups excluding tert-OH is 1. The van der Waals surface area contributed by atoms with Gasteiger partial charge >= 0.3 is 0 Å². The smallest absolute Gasteiger partial charge is 0.279 e. The minimum atomic E-state index is -3.63. The Morgan fingerprint density at radius 3 is 2.61 bits per heavy atom. The van der Waals surface area contributed by atoms with E-state index >= 15 is 0 Å². The predicted molar refractivity (Wildman–Crippen MR) is 87.5 cm³/mol. The fraction of sp³-hybridized carbons (Fsp3) is 0.500. The van der Waals surface area contributed by atoms with Crippen LogP contribution in [0.1, 0.15) is 16.8 Å². The highest BCUT2D eigenvalue weighted by Crippen LogP contribution is 2.20. The molecule has 1 aromatic rings. The Kier molecular flexibility index (Phi) is 5.64. The minimum Gasteiger partial charge on any atom is -0.390 e. The van der Waals surface area contributed by atoms with Crippen molar-refractivity contribution >= 4 is 27.7 Å². The van der Waals surface area contributed by atoms with Gasteiger partial charge in [0.1, 0.15) is 0 Å². The fourth-order valence-electron chi connectivity index (χ4n) is 2.36. The van der Waals surface area contributed by atoms with Gasteiger partial charge in [-0.2, -0.15) is 17.4 Å². The Morgan fingerprint density at radius 1 is 1.39 bits per heavy atom. The maximum atomic E-state index is 12.4. The summed E-state index contributed by atoms with van der Waals surface area (Å²) in [4.78, 5) is 13.9. The molecule has 1 aliphatic heterocycles. The molecule has 1 fully saturated rings. The van der Waals surface area contributed by atoms with Crippen LogP contribution in [0.5, 0.6) is 0 Å². The number of carbonyl (C=O) groups is 1. The average molecular weight is 362 g/mol.